The standard InChI is InChI=1S/C19H24FN3O3.HI/c1-21-19(22-11-13-5-7-15(20)8-6-13)23-12-14-9-16(24-2)18(26-4)17(10-14)25-3;/h5-10H,11-12H2,1-4H3,(H2,21,22,23);1H. The summed E-state index contributed by atoms with van der Waals surface area (Å²) in [5, 5.41) is 6.40. The number of aliphatic imine (C=N–C) groups is 1. The summed E-state index contributed by atoms with van der Waals surface area (Å²) in [7, 11) is 6.42. The van der Waals surface area contributed by atoms with Crippen molar-refractivity contribution < 1.29 is 18.6 Å². The Morgan fingerprint density at radius 2 is 1.41 bits per heavy atom. The second-order valence-electron chi connectivity index (χ2n) is 5.44. The molecule has 0 radical (unpaired) electrons. The van der Waals surface area contributed by atoms with Crippen LogP contribution in [0, 0.1) is 5.82 Å². The summed E-state index contributed by atoms with van der Waals surface area (Å²) < 4.78 is 29.0. The average molecular weight is 489 g/mol. The van der Waals surface area contributed by atoms with E-state index >= 15 is 0 Å². The Morgan fingerprint density at radius 3 is 1.85 bits per heavy atom. The molecule has 2 aromatic rings. The van der Waals surface area contributed by atoms with Crippen molar-refractivity contribution in [2.24, 2.45) is 4.99 Å². The normalized spacial score (nSPS) is 10.6. The lowest BCUT2D eigenvalue weighted by atomic mass is 10.2. The minimum absolute atomic E-state index is 0. The Morgan fingerprint density at radius 1 is 0.889 bits per heavy atom. The number of rotatable bonds is 7. The second-order valence-corrected chi connectivity index (χ2v) is 5.44. The van der Waals surface area contributed by atoms with Gasteiger partial charge in [0.05, 0.1) is 21.3 Å². The van der Waals surface area contributed by atoms with Gasteiger partial charge in [-0.1, -0.05) is 12.1 Å². The summed E-state index contributed by atoms with van der Waals surface area (Å²) in [4.78, 5) is 4.19. The first-order valence-corrected chi connectivity index (χ1v) is 8.09. The molecule has 0 unspecified atom stereocenters. The predicted molar refractivity (Wildman–Crippen MR) is 115 cm³/mol. The fraction of sp³-hybridized carbons (Fsp3) is 0.316. The van der Waals surface area contributed by atoms with Gasteiger partial charge in [-0.15, -0.1) is 24.0 Å². The number of hydrogen-bond donors (Lipinski definition) is 2. The van der Waals surface area contributed by atoms with Crippen molar-refractivity contribution in [1.82, 2.24) is 10.6 Å². The third-order valence-corrected chi connectivity index (χ3v) is 3.78. The highest BCUT2D eigenvalue weighted by molar-refractivity contribution is 14.0. The molecule has 148 valence electrons. The zero-order valence-corrected chi connectivity index (χ0v) is 18.2. The molecule has 27 heavy (non-hydrogen) atoms. The van der Waals surface area contributed by atoms with E-state index in [1.165, 1.54) is 12.1 Å². The molecular weight excluding hydrogens is 464 g/mol. The molecule has 0 saturated heterocycles. The molecule has 0 aliphatic rings. The van der Waals surface area contributed by atoms with Gasteiger partial charge in [0.25, 0.3) is 0 Å². The fourth-order valence-electron chi connectivity index (χ4n) is 2.43. The third kappa shape index (κ3) is 6.46. The van der Waals surface area contributed by atoms with Crippen molar-refractivity contribution in [3.8, 4) is 17.2 Å². The molecule has 0 spiro atoms. The van der Waals surface area contributed by atoms with Gasteiger partial charge in [-0.05, 0) is 35.4 Å². The quantitative estimate of drug-likeness (QED) is 0.355. The molecule has 2 rings (SSSR count). The maximum Gasteiger partial charge on any atom is 0.203 e. The van der Waals surface area contributed by atoms with E-state index in [1.54, 1.807) is 40.5 Å². The van der Waals surface area contributed by atoms with Gasteiger partial charge in [-0.25, -0.2) is 4.39 Å². The molecule has 0 aliphatic heterocycles. The number of methoxy groups -OCH3 is 3. The Bertz CT molecular complexity index is 729. The maximum absolute atomic E-state index is 13.0. The molecule has 0 bridgehead atoms. The van der Waals surface area contributed by atoms with Gasteiger partial charge >= 0.3 is 0 Å². The summed E-state index contributed by atoms with van der Waals surface area (Å²) in [6.45, 7) is 1.05. The molecule has 0 fully saturated rings. The van der Waals surface area contributed by atoms with E-state index in [2.05, 4.69) is 15.6 Å². The lowest BCUT2D eigenvalue weighted by Gasteiger charge is -2.16. The Balaban J connectivity index is 0.00000364. The van der Waals surface area contributed by atoms with Crippen LogP contribution in [-0.2, 0) is 13.1 Å². The summed E-state index contributed by atoms with van der Waals surface area (Å²) in [5.74, 6) is 2.12. The minimum Gasteiger partial charge on any atom is -0.493 e. The molecule has 0 atom stereocenters. The molecular formula is C19H25FIN3O3. The van der Waals surface area contributed by atoms with Crippen LogP contribution in [0.1, 0.15) is 11.1 Å². The van der Waals surface area contributed by atoms with Gasteiger partial charge in [-0.2, -0.15) is 0 Å². The molecule has 0 aromatic heterocycles. The summed E-state index contributed by atoms with van der Waals surface area (Å²) in [6, 6.07) is 10.1. The first-order valence-electron chi connectivity index (χ1n) is 8.09. The molecule has 0 saturated carbocycles. The zero-order chi connectivity index (χ0) is 18.9. The van der Waals surface area contributed by atoms with Crippen molar-refractivity contribution in [3.05, 3.63) is 53.3 Å². The number of benzene rings is 2. The van der Waals surface area contributed by atoms with Gasteiger partial charge in [0.1, 0.15) is 5.82 Å². The smallest absolute Gasteiger partial charge is 0.203 e. The summed E-state index contributed by atoms with van der Waals surface area (Å²) in [5.41, 5.74) is 1.91. The minimum atomic E-state index is -0.251. The van der Waals surface area contributed by atoms with Crippen LogP contribution in [-0.4, -0.2) is 34.3 Å². The van der Waals surface area contributed by atoms with Gasteiger partial charge in [0, 0.05) is 20.1 Å². The topological polar surface area (TPSA) is 64.1 Å². The highest BCUT2D eigenvalue weighted by Gasteiger charge is 2.13. The van der Waals surface area contributed by atoms with E-state index in [-0.39, 0.29) is 29.8 Å². The first kappa shape index (κ1) is 22.8. The lowest BCUT2D eigenvalue weighted by Crippen LogP contribution is -2.36. The number of ether oxygens (including phenoxy) is 3. The van der Waals surface area contributed by atoms with E-state index < -0.39 is 0 Å². The first-order chi connectivity index (χ1) is 12.6. The van der Waals surface area contributed by atoms with E-state index in [0.717, 1.165) is 11.1 Å². The predicted octanol–water partition coefficient (Wildman–Crippen LogP) is 3.33. The Labute approximate surface area is 176 Å². The van der Waals surface area contributed by atoms with Crippen molar-refractivity contribution in [3.63, 3.8) is 0 Å². The maximum atomic E-state index is 13.0. The van der Waals surface area contributed by atoms with Gasteiger partial charge in [0.15, 0.2) is 17.5 Å². The van der Waals surface area contributed by atoms with Crippen molar-refractivity contribution in [2.75, 3.05) is 28.4 Å². The van der Waals surface area contributed by atoms with Crippen molar-refractivity contribution >= 4 is 29.9 Å². The van der Waals surface area contributed by atoms with Crippen molar-refractivity contribution in [2.45, 2.75) is 13.1 Å². The van der Waals surface area contributed by atoms with Crippen LogP contribution in [0.2, 0.25) is 0 Å². The third-order valence-electron chi connectivity index (χ3n) is 3.78. The van der Waals surface area contributed by atoms with Crippen LogP contribution in [0.5, 0.6) is 17.2 Å². The van der Waals surface area contributed by atoms with Crippen LogP contribution in [0.3, 0.4) is 0 Å². The van der Waals surface area contributed by atoms with Crippen LogP contribution in [0.25, 0.3) is 0 Å². The van der Waals surface area contributed by atoms with Crippen LogP contribution < -0.4 is 24.8 Å². The molecule has 6 nitrogen and oxygen atoms in total. The lowest BCUT2D eigenvalue weighted by molar-refractivity contribution is 0.323. The number of hydrogen-bond acceptors (Lipinski definition) is 4. The molecule has 2 aromatic carbocycles. The average Bonchev–Trinajstić information content (AvgIpc) is 2.68. The van der Waals surface area contributed by atoms with Gasteiger partial charge < -0.3 is 24.8 Å². The fourth-order valence-corrected chi connectivity index (χ4v) is 2.43. The van der Waals surface area contributed by atoms with E-state index in [0.29, 0.717) is 36.3 Å². The molecule has 0 heterocycles. The summed E-state index contributed by atoms with van der Waals surface area (Å²) in [6.07, 6.45) is 0. The van der Waals surface area contributed by atoms with E-state index in [4.69, 9.17) is 14.2 Å². The number of guanidine groups is 1. The molecule has 0 aliphatic carbocycles. The van der Waals surface area contributed by atoms with Crippen LogP contribution in [0.4, 0.5) is 4.39 Å². The zero-order valence-electron chi connectivity index (χ0n) is 15.8. The number of nitrogens with zero attached hydrogens (tertiary/aromatic N) is 1. The van der Waals surface area contributed by atoms with Crippen molar-refractivity contribution in [1.29, 1.82) is 0 Å². The monoisotopic (exact) mass is 489 g/mol. The highest BCUT2D eigenvalue weighted by atomic mass is 127. The second kappa shape index (κ2) is 11.5. The van der Waals surface area contributed by atoms with E-state index in [9.17, 15) is 4.39 Å². The Hall–Kier alpha value is -2.23. The van der Waals surface area contributed by atoms with Gasteiger partial charge in [0.2, 0.25) is 5.75 Å². The molecule has 0 amide bonds. The van der Waals surface area contributed by atoms with Crippen LogP contribution >= 0.6 is 24.0 Å². The highest BCUT2D eigenvalue weighted by Crippen LogP contribution is 2.38. The largest absolute Gasteiger partial charge is 0.493 e. The Kier molecular flexibility index (Phi) is 9.70. The van der Waals surface area contributed by atoms with E-state index in [1.807, 2.05) is 12.1 Å². The number of halogens is 2. The SMILES string of the molecule is CN=C(NCc1ccc(F)cc1)NCc1cc(OC)c(OC)c(OC)c1.I. The molecule has 8 heteroatoms. The van der Waals surface area contributed by atoms with Gasteiger partial charge in [-0.3, -0.25) is 4.99 Å². The molecule has 2 N–H and O–H groups in total. The number of nitrogens with one attached hydrogen (secondary N) is 2. The summed E-state index contributed by atoms with van der Waals surface area (Å²) >= 11 is 0. The van der Waals surface area contributed by atoms with Crippen LogP contribution in [0.15, 0.2) is 41.4 Å².